The van der Waals surface area contributed by atoms with Crippen molar-refractivity contribution < 1.29 is 9.21 Å². The molecule has 1 fully saturated rings. The van der Waals surface area contributed by atoms with Gasteiger partial charge in [0.2, 0.25) is 5.71 Å². The van der Waals surface area contributed by atoms with Crippen LogP contribution >= 0.6 is 0 Å². The Balaban J connectivity index is 1.35. The number of carbonyl (C=O) groups excluding carboxylic acids is 1. The normalized spacial score (nSPS) is 15.5. The first-order valence-corrected chi connectivity index (χ1v) is 10.8. The second kappa shape index (κ2) is 8.67. The minimum atomic E-state index is -0.272. The molecule has 0 atom stereocenters. The third kappa shape index (κ3) is 4.42. The molecule has 1 aliphatic heterocycles. The summed E-state index contributed by atoms with van der Waals surface area (Å²) in [6.45, 7) is 9.61. The Morgan fingerprint density at radius 3 is 2.71 bits per heavy atom. The number of rotatable bonds is 5. The number of carbonyl (C=O) groups is 1. The van der Waals surface area contributed by atoms with E-state index < -0.39 is 0 Å². The molecule has 0 radical (unpaired) electrons. The highest BCUT2D eigenvalue weighted by Gasteiger charge is 2.24. The van der Waals surface area contributed by atoms with Gasteiger partial charge in [-0.2, -0.15) is 0 Å². The summed E-state index contributed by atoms with van der Waals surface area (Å²) in [5.41, 5.74) is 4.27. The van der Waals surface area contributed by atoms with E-state index in [-0.39, 0.29) is 22.6 Å². The molecular formula is C24H30N4O3. The molecule has 1 amide bonds. The van der Waals surface area contributed by atoms with Gasteiger partial charge >= 0.3 is 0 Å². The van der Waals surface area contributed by atoms with Gasteiger partial charge in [0.25, 0.3) is 11.5 Å². The van der Waals surface area contributed by atoms with E-state index in [2.05, 4.69) is 47.2 Å². The van der Waals surface area contributed by atoms with Gasteiger partial charge in [-0.05, 0) is 63.7 Å². The molecule has 0 aliphatic carbocycles. The number of nitrogens with zero attached hydrogens (tertiary/aromatic N) is 3. The Kier molecular flexibility index (Phi) is 5.96. The molecule has 4 rings (SSSR count). The zero-order chi connectivity index (χ0) is 22.1. The molecule has 7 nitrogen and oxygen atoms in total. The maximum Gasteiger partial charge on any atom is 0.265 e. The third-order valence-electron chi connectivity index (χ3n) is 6.33. The van der Waals surface area contributed by atoms with Crippen LogP contribution in [0.1, 0.15) is 45.7 Å². The molecule has 1 saturated heterocycles. The van der Waals surface area contributed by atoms with Crippen LogP contribution in [-0.4, -0.2) is 40.0 Å². The smallest absolute Gasteiger partial charge is 0.265 e. The van der Waals surface area contributed by atoms with Crippen LogP contribution in [0.2, 0.25) is 0 Å². The number of benzene rings is 1. The number of piperidine rings is 1. The lowest BCUT2D eigenvalue weighted by Gasteiger charge is -2.32. The molecule has 3 aromatic rings. The average molecular weight is 423 g/mol. The number of hydrogen-bond donors (Lipinski definition) is 1. The topological polar surface area (TPSA) is 80.4 Å². The van der Waals surface area contributed by atoms with Gasteiger partial charge in [0.15, 0.2) is 0 Å². The summed E-state index contributed by atoms with van der Waals surface area (Å²) in [5, 5.41) is 3.28. The van der Waals surface area contributed by atoms with Crippen LogP contribution in [-0.2, 0) is 13.6 Å². The lowest BCUT2D eigenvalue weighted by atomic mass is 9.95. The summed E-state index contributed by atoms with van der Waals surface area (Å²) in [6, 6.07) is 6.63. The highest BCUT2D eigenvalue weighted by Crippen LogP contribution is 2.23. The molecule has 3 heterocycles. The Morgan fingerprint density at radius 1 is 1.23 bits per heavy atom. The number of hydrogen-bond acceptors (Lipinski definition) is 5. The van der Waals surface area contributed by atoms with Crippen molar-refractivity contribution in [3.63, 3.8) is 0 Å². The van der Waals surface area contributed by atoms with Crippen molar-refractivity contribution in [2.45, 2.75) is 40.2 Å². The fraction of sp³-hybridized carbons (Fsp3) is 0.458. The van der Waals surface area contributed by atoms with Crippen molar-refractivity contribution in [2.75, 3.05) is 19.6 Å². The van der Waals surface area contributed by atoms with E-state index in [1.807, 2.05) is 0 Å². The molecule has 1 aromatic carbocycles. The maximum atomic E-state index is 12.9. The van der Waals surface area contributed by atoms with Crippen molar-refractivity contribution in [1.29, 1.82) is 0 Å². The van der Waals surface area contributed by atoms with Crippen LogP contribution < -0.4 is 10.9 Å². The number of amides is 1. The Bertz CT molecular complexity index is 1170. The van der Waals surface area contributed by atoms with Crippen molar-refractivity contribution >= 4 is 17.0 Å². The van der Waals surface area contributed by atoms with Gasteiger partial charge in [-0.15, -0.1) is 0 Å². The minimum Gasteiger partial charge on any atom is -0.442 e. The van der Waals surface area contributed by atoms with Crippen LogP contribution in [0, 0.1) is 26.7 Å². The Hall–Kier alpha value is -2.93. The third-order valence-corrected chi connectivity index (χ3v) is 6.33. The molecule has 164 valence electrons. The Morgan fingerprint density at radius 2 is 1.97 bits per heavy atom. The summed E-state index contributed by atoms with van der Waals surface area (Å²) in [7, 11) is 1.62. The van der Waals surface area contributed by atoms with Crippen molar-refractivity contribution in [3.05, 3.63) is 62.9 Å². The molecule has 1 aliphatic rings. The monoisotopic (exact) mass is 422 g/mol. The van der Waals surface area contributed by atoms with Gasteiger partial charge in [0.1, 0.15) is 17.5 Å². The fourth-order valence-electron chi connectivity index (χ4n) is 4.35. The number of aryl methyl sites for hydroxylation is 4. The lowest BCUT2D eigenvalue weighted by molar-refractivity contribution is 0.0935. The standard InChI is InChI=1S/C24H30N4O3/c1-15-5-6-16(2)19(11-15)13-28-9-7-18(8-10-28)12-25-22(29)20-17(3)31-23-21(20)24(30)27(4)14-26-23/h5-6,11,14,18H,7-10,12-13H2,1-4H3,(H,25,29). The van der Waals surface area contributed by atoms with Crippen LogP contribution in [0.15, 0.2) is 33.7 Å². The van der Waals surface area contributed by atoms with Crippen molar-refractivity contribution in [2.24, 2.45) is 13.0 Å². The number of likely N-dealkylation sites (tertiary alicyclic amines) is 1. The van der Waals surface area contributed by atoms with Gasteiger partial charge in [0.05, 0.1) is 5.56 Å². The number of aromatic nitrogens is 2. The van der Waals surface area contributed by atoms with Gasteiger partial charge in [-0.1, -0.05) is 23.8 Å². The van der Waals surface area contributed by atoms with E-state index in [0.29, 0.717) is 23.8 Å². The van der Waals surface area contributed by atoms with E-state index in [1.165, 1.54) is 27.6 Å². The van der Waals surface area contributed by atoms with Crippen LogP contribution in [0.4, 0.5) is 0 Å². The maximum absolute atomic E-state index is 12.9. The van der Waals surface area contributed by atoms with Crippen molar-refractivity contribution in [1.82, 2.24) is 19.8 Å². The zero-order valence-corrected chi connectivity index (χ0v) is 18.7. The molecule has 1 N–H and O–H groups in total. The van der Waals surface area contributed by atoms with Gasteiger partial charge in [-0.25, -0.2) is 4.98 Å². The predicted molar refractivity (Wildman–Crippen MR) is 120 cm³/mol. The van der Waals surface area contributed by atoms with Crippen molar-refractivity contribution in [3.8, 4) is 0 Å². The summed E-state index contributed by atoms with van der Waals surface area (Å²) >= 11 is 0. The van der Waals surface area contributed by atoms with Gasteiger partial charge in [0, 0.05) is 20.1 Å². The molecule has 0 unspecified atom stereocenters. The molecule has 2 aromatic heterocycles. The second-order valence-electron chi connectivity index (χ2n) is 8.73. The first kappa shape index (κ1) is 21.3. The van der Waals surface area contributed by atoms with Crippen LogP contribution in [0.25, 0.3) is 11.1 Å². The largest absolute Gasteiger partial charge is 0.442 e. The van der Waals surface area contributed by atoms with E-state index in [1.54, 1.807) is 14.0 Å². The van der Waals surface area contributed by atoms with E-state index in [9.17, 15) is 9.59 Å². The summed E-state index contributed by atoms with van der Waals surface area (Å²) in [6.07, 6.45) is 3.49. The summed E-state index contributed by atoms with van der Waals surface area (Å²) in [4.78, 5) is 32.0. The first-order valence-electron chi connectivity index (χ1n) is 10.8. The highest BCUT2D eigenvalue weighted by atomic mass is 16.3. The highest BCUT2D eigenvalue weighted by molar-refractivity contribution is 6.06. The van der Waals surface area contributed by atoms with Crippen LogP contribution in [0.3, 0.4) is 0 Å². The van der Waals surface area contributed by atoms with E-state index in [4.69, 9.17) is 4.42 Å². The summed E-state index contributed by atoms with van der Waals surface area (Å²) < 4.78 is 6.91. The second-order valence-corrected chi connectivity index (χ2v) is 8.73. The summed E-state index contributed by atoms with van der Waals surface area (Å²) in [5.74, 6) is 0.587. The fourth-order valence-corrected chi connectivity index (χ4v) is 4.35. The minimum absolute atomic E-state index is 0.213. The number of nitrogens with one attached hydrogen (secondary N) is 1. The SMILES string of the molecule is Cc1ccc(C)c(CN2CCC(CNC(=O)c3c(C)oc4ncn(C)c(=O)c34)CC2)c1. The molecule has 0 saturated carbocycles. The number of fused-ring (bicyclic) bond motifs is 1. The average Bonchev–Trinajstić information content (AvgIpc) is 3.09. The first-order chi connectivity index (χ1) is 14.8. The zero-order valence-electron chi connectivity index (χ0n) is 18.7. The van der Waals surface area contributed by atoms with E-state index >= 15 is 0 Å². The van der Waals surface area contributed by atoms with E-state index in [0.717, 1.165) is 32.5 Å². The molecule has 7 heteroatoms. The predicted octanol–water partition coefficient (Wildman–Crippen LogP) is 3.09. The molecular weight excluding hydrogens is 392 g/mol. The number of furan rings is 1. The molecule has 0 bridgehead atoms. The quantitative estimate of drug-likeness (QED) is 0.683. The molecule has 0 spiro atoms. The van der Waals surface area contributed by atoms with Gasteiger partial charge < -0.3 is 14.3 Å². The molecule has 31 heavy (non-hydrogen) atoms. The van der Waals surface area contributed by atoms with Gasteiger partial charge in [-0.3, -0.25) is 14.5 Å². The lowest BCUT2D eigenvalue weighted by Crippen LogP contribution is -2.38. The Labute approximate surface area is 182 Å². The van der Waals surface area contributed by atoms with Crippen LogP contribution in [0.5, 0.6) is 0 Å².